The second kappa shape index (κ2) is 7.60. The number of aromatic nitrogens is 1. The number of hydrogen-bond donors (Lipinski definition) is 1. The summed E-state index contributed by atoms with van der Waals surface area (Å²) in [5.74, 6) is -0.555. The Morgan fingerprint density at radius 2 is 1.79 bits per heavy atom. The number of aliphatic hydroxyl groups excluding tert-OH is 1. The Kier molecular flexibility index (Phi) is 5.01. The van der Waals surface area contributed by atoms with E-state index in [0.717, 1.165) is 26.7 Å². The molecule has 0 bridgehead atoms. The smallest absolute Gasteiger partial charge is 0.290 e. The van der Waals surface area contributed by atoms with Crippen molar-refractivity contribution >= 4 is 27.4 Å². The highest BCUT2D eigenvalue weighted by molar-refractivity contribution is 9.10. The first-order valence-corrected chi connectivity index (χ1v) is 9.79. The predicted octanol–water partition coefficient (Wildman–Crippen LogP) is 5.21. The van der Waals surface area contributed by atoms with Crippen LogP contribution in [0, 0.1) is 6.92 Å². The van der Waals surface area contributed by atoms with Gasteiger partial charge in [-0.1, -0.05) is 57.9 Å². The number of carbonyl (C=O) groups is 1. The molecule has 2 heterocycles. The van der Waals surface area contributed by atoms with Gasteiger partial charge in [0.05, 0.1) is 6.04 Å². The molecule has 1 N–H and O–H groups in total. The van der Waals surface area contributed by atoms with Crippen LogP contribution < -0.4 is 0 Å². The van der Waals surface area contributed by atoms with Crippen molar-refractivity contribution in [1.29, 1.82) is 0 Å². The van der Waals surface area contributed by atoms with E-state index < -0.39 is 0 Å². The van der Waals surface area contributed by atoms with E-state index in [-0.39, 0.29) is 17.7 Å². The Bertz CT molecular complexity index is 1050. The van der Waals surface area contributed by atoms with Crippen LogP contribution in [0.25, 0.3) is 5.57 Å². The van der Waals surface area contributed by atoms with Crippen LogP contribution in [0.1, 0.15) is 28.3 Å². The van der Waals surface area contributed by atoms with Crippen molar-refractivity contribution in [2.45, 2.75) is 19.5 Å². The molecule has 3 aromatic rings. The van der Waals surface area contributed by atoms with Crippen molar-refractivity contribution in [3.63, 3.8) is 0 Å². The van der Waals surface area contributed by atoms with Gasteiger partial charge in [-0.25, -0.2) is 0 Å². The van der Waals surface area contributed by atoms with Crippen molar-refractivity contribution in [1.82, 2.24) is 9.88 Å². The van der Waals surface area contributed by atoms with Crippen LogP contribution in [0.15, 0.2) is 83.3 Å². The first kappa shape index (κ1) is 18.4. The fourth-order valence-corrected chi connectivity index (χ4v) is 3.97. The normalized spacial score (nSPS) is 16.7. The number of aliphatic hydroxyl groups is 1. The first-order valence-electron chi connectivity index (χ1n) is 9.00. The number of carbonyl (C=O) groups excluding carboxylic acids is 1. The Morgan fingerprint density at radius 1 is 1.07 bits per heavy atom. The monoisotopic (exact) mass is 434 g/mol. The third kappa shape index (κ3) is 3.45. The van der Waals surface area contributed by atoms with Crippen LogP contribution in [0.5, 0.6) is 0 Å². The molecule has 1 aliphatic rings. The summed E-state index contributed by atoms with van der Waals surface area (Å²) in [6.07, 6.45) is 3.41. The van der Waals surface area contributed by atoms with E-state index in [2.05, 4.69) is 20.9 Å². The van der Waals surface area contributed by atoms with Crippen LogP contribution in [0.2, 0.25) is 0 Å². The topological polar surface area (TPSA) is 53.4 Å². The largest absolute Gasteiger partial charge is 0.503 e. The van der Waals surface area contributed by atoms with Crippen LogP contribution >= 0.6 is 15.9 Å². The number of rotatable bonds is 4. The minimum absolute atomic E-state index is 0.192. The summed E-state index contributed by atoms with van der Waals surface area (Å²) in [5.41, 5.74) is 4.51. The molecule has 0 unspecified atom stereocenters. The molecule has 0 saturated carbocycles. The van der Waals surface area contributed by atoms with Crippen molar-refractivity contribution in [2.75, 3.05) is 0 Å². The van der Waals surface area contributed by atoms with Crippen molar-refractivity contribution in [3.05, 3.63) is 106 Å². The average Bonchev–Trinajstić information content (AvgIpc) is 2.94. The van der Waals surface area contributed by atoms with Gasteiger partial charge >= 0.3 is 0 Å². The highest BCUT2D eigenvalue weighted by Gasteiger charge is 2.41. The minimum atomic E-state index is -0.374. The zero-order chi connectivity index (χ0) is 19.7. The zero-order valence-corrected chi connectivity index (χ0v) is 16.9. The van der Waals surface area contributed by atoms with E-state index in [1.807, 2.05) is 67.6 Å². The number of benzene rings is 2. The fourth-order valence-electron chi connectivity index (χ4n) is 3.55. The molecule has 1 aromatic heterocycles. The molecule has 4 rings (SSSR count). The van der Waals surface area contributed by atoms with Crippen molar-refractivity contribution in [3.8, 4) is 0 Å². The average molecular weight is 435 g/mol. The molecule has 4 nitrogen and oxygen atoms in total. The van der Waals surface area contributed by atoms with E-state index in [4.69, 9.17) is 0 Å². The highest BCUT2D eigenvalue weighted by Crippen LogP contribution is 2.44. The lowest BCUT2D eigenvalue weighted by atomic mass is 9.93. The standard InChI is InChI=1S/C23H19BrN2O2/c1-15-5-7-17(8-6-15)20-21(18-3-2-4-19(24)13-18)26(23(28)22(20)27)14-16-9-11-25-12-10-16/h2-13,21,27H,14H2,1H3/t21-/m0/s1. The molecule has 140 valence electrons. The van der Waals surface area contributed by atoms with E-state index in [0.29, 0.717) is 12.1 Å². The third-order valence-electron chi connectivity index (χ3n) is 4.93. The zero-order valence-electron chi connectivity index (χ0n) is 15.3. The maximum Gasteiger partial charge on any atom is 0.290 e. The van der Waals surface area contributed by atoms with Gasteiger partial charge in [0.1, 0.15) is 0 Å². The molecule has 0 spiro atoms. The Labute approximate surface area is 172 Å². The number of pyridine rings is 1. The third-order valence-corrected chi connectivity index (χ3v) is 5.43. The molecule has 1 amide bonds. The van der Waals surface area contributed by atoms with Crippen LogP contribution in [0.3, 0.4) is 0 Å². The molecule has 28 heavy (non-hydrogen) atoms. The van der Waals surface area contributed by atoms with E-state index in [1.165, 1.54) is 0 Å². The van der Waals surface area contributed by atoms with Gasteiger partial charge < -0.3 is 10.0 Å². The van der Waals surface area contributed by atoms with Gasteiger partial charge in [-0.15, -0.1) is 0 Å². The van der Waals surface area contributed by atoms with Gasteiger partial charge in [-0.3, -0.25) is 9.78 Å². The second-order valence-corrected chi connectivity index (χ2v) is 7.79. The Morgan fingerprint density at radius 3 is 2.46 bits per heavy atom. The van der Waals surface area contributed by atoms with Gasteiger partial charge in [0.15, 0.2) is 5.76 Å². The van der Waals surface area contributed by atoms with Crippen molar-refractivity contribution in [2.24, 2.45) is 0 Å². The summed E-state index contributed by atoms with van der Waals surface area (Å²) in [4.78, 5) is 18.8. The van der Waals surface area contributed by atoms with Gasteiger partial charge in [0.2, 0.25) is 0 Å². The number of nitrogens with zero attached hydrogens (tertiary/aromatic N) is 2. The van der Waals surface area contributed by atoms with Crippen molar-refractivity contribution < 1.29 is 9.90 Å². The number of amides is 1. The summed E-state index contributed by atoms with van der Waals surface area (Å²) >= 11 is 3.52. The van der Waals surface area contributed by atoms with Gasteiger partial charge in [-0.2, -0.15) is 0 Å². The van der Waals surface area contributed by atoms with Crippen LogP contribution in [-0.2, 0) is 11.3 Å². The van der Waals surface area contributed by atoms with E-state index >= 15 is 0 Å². The SMILES string of the molecule is Cc1ccc(C2=C(O)C(=O)N(Cc3ccncc3)[C@H]2c2cccc(Br)c2)cc1. The van der Waals surface area contributed by atoms with E-state index in [9.17, 15) is 9.90 Å². The lowest BCUT2D eigenvalue weighted by Crippen LogP contribution is -2.29. The molecular weight excluding hydrogens is 416 g/mol. The molecule has 0 saturated heterocycles. The quantitative estimate of drug-likeness (QED) is 0.613. The molecule has 5 heteroatoms. The summed E-state index contributed by atoms with van der Waals surface area (Å²) in [7, 11) is 0. The number of halogens is 1. The number of hydrogen-bond acceptors (Lipinski definition) is 3. The molecule has 0 aliphatic carbocycles. The molecule has 0 radical (unpaired) electrons. The lowest BCUT2D eigenvalue weighted by molar-refractivity contribution is -0.130. The molecular formula is C23H19BrN2O2. The van der Waals surface area contributed by atoms with Crippen LogP contribution in [0.4, 0.5) is 0 Å². The van der Waals surface area contributed by atoms with Crippen LogP contribution in [-0.4, -0.2) is 20.9 Å². The molecule has 0 fully saturated rings. The summed E-state index contributed by atoms with van der Waals surface area (Å²) in [6, 6.07) is 19.1. The minimum Gasteiger partial charge on any atom is -0.503 e. The second-order valence-electron chi connectivity index (χ2n) is 6.87. The predicted molar refractivity (Wildman–Crippen MR) is 112 cm³/mol. The Hall–Kier alpha value is -2.92. The molecule has 1 aliphatic heterocycles. The molecule has 2 aromatic carbocycles. The summed E-state index contributed by atoms with van der Waals surface area (Å²) in [5, 5.41) is 10.8. The lowest BCUT2D eigenvalue weighted by Gasteiger charge is -2.27. The van der Waals surface area contributed by atoms with Gasteiger partial charge in [0.25, 0.3) is 5.91 Å². The Balaban J connectivity index is 1.83. The van der Waals surface area contributed by atoms with Gasteiger partial charge in [0, 0.05) is 29.0 Å². The first-order chi connectivity index (χ1) is 13.5. The highest BCUT2D eigenvalue weighted by atomic mass is 79.9. The summed E-state index contributed by atoms with van der Waals surface area (Å²) < 4.78 is 0.927. The maximum absolute atomic E-state index is 13.0. The van der Waals surface area contributed by atoms with Gasteiger partial charge in [-0.05, 0) is 47.9 Å². The number of aryl methyl sites for hydroxylation is 1. The van der Waals surface area contributed by atoms with E-state index in [1.54, 1.807) is 17.3 Å². The summed E-state index contributed by atoms with van der Waals surface area (Å²) in [6.45, 7) is 2.40. The maximum atomic E-state index is 13.0. The fraction of sp³-hybridized carbons (Fsp3) is 0.130. The molecule has 1 atom stereocenters.